The molecule has 1 radical (unpaired) electrons. The number of hydrogen-bond acceptors (Lipinski definition) is 2. The molecule has 3 rings (SSSR count). The maximum Gasteiger partial charge on any atom is 0.317 e. The molecule has 2 heterocycles. The van der Waals surface area contributed by atoms with Gasteiger partial charge in [-0.25, -0.2) is 4.57 Å². The predicted molar refractivity (Wildman–Crippen MR) is 83.5 cm³/mol. The Morgan fingerprint density at radius 2 is 1.73 bits per heavy atom. The van der Waals surface area contributed by atoms with Crippen LogP contribution in [0.15, 0.2) is 36.5 Å². The van der Waals surface area contributed by atoms with E-state index in [1.165, 1.54) is 0 Å². The number of pyridine rings is 1. The largest absolute Gasteiger partial charge is 0.714 e. The van der Waals surface area contributed by atoms with Crippen LogP contribution in [0.25, 0.3) is 10.9 Å². The van der Waals surface area contributed by atoms with E-state index in [2.05, 4.69) is 0 Å². The van der Waals surface area contributed by atoms with Crippen LogP contribution in [-0.4, -0.2) is 26.7 Å². The fraction of sp³-hybridized carbons (Fsp3) is 0.412. The number of nitrogens with zero attached hydrogens (tertiary/aromatic N) is 3. The van der Waals surface area contributed by atoms with Gasteiger partial charge < -0.3 is 5.21 Å². The molecule has 0 bridgehead atoms. The molecule has 0 fully saturated rings. The average molecular weight is 299 g/mol. The minimum absolute atomic E-state index is 0.187. The summed E-state index contributed by atoms with van der Waals surface area (Å²) in [6.07, 6.45) is 1.88. The van der Waals surface area contributed by atoms with E-state index in [4.69, 9.17) is 0 Å². The summed E-state index contributed by atoms with van der Waals surface area (Å²) in [6, 6.07) is 9.63. The molecule has 1 aliphatic heterocycles. The lowest BCUT2D eigenvalue weighted by Crippen LogP contribution is -2.53. The molecule has 115 valence electrons. The first-order valence-corrected chi connectivity index (χ1v) is 7.39. The summed E-state index contributed by atoms with van der Waals surface area (Å²) in [7, 11) is 1.95. The topological polar surface area (TPSA) is 53.1 Å². The quantitative estimate of drug-likeness (QED) is 0.598. The van der Waals surface area contributed by atoms with Crippen LogP contribution in [0.2, 0.25) is 0 Å². The molecule has 0 aliphatic carbocycles. The van der Waals surface area contributed by atoms with Crippen molar-refractivity contribution in [1.82, 2.24) is 5.06 Å². The van der Waals surface area contributed by atoms with E-state index >= 15 is 0 Å². The van der Waals surface area contributed by atoms with Crippen molar-refractivity contribution in [3.05, 3.63) is 47.3 Å². The monoisotopic (exact) mass is 299 g/mol. The van der Waals surface area contributed by atoms with Crippen LogP contribution in [-0.2, 0) is 12.3 Å². The molecular weight excluding hydrogens is 278 g/mol. The Hall–Kier alpha value is -2.14. The number of rotatable bonds is 1. The lowest BCUT2D eigenvalue weighted by Gasteiger charge is -2.32. The van der Waals surface area contributed by atoms with Gasteiger partial charge in [0.15, 0.2) is 11.7 Å². The summed E-state index contributed by atoms with van der Waals surface area (Å²) < 4.78 is 2.84. The van der Waals surface area contributed by atoms with E-state index in [1.807, 2.05) is 75.8 Å². The molecule has 5 nitrogen and oxygen atoms in total. The highest BCUT2D eigenvalue weighted by atomic mass is 16.5. The highest BCUT2D eigenvalue weighted by molar-refractivity contribution is 6.06. The summed E-state index contributed by atoms with van der Waals surface area (Å²) in [4.78, 5) is 0. The van der Waals surface area contributed by atoms with Crippen molar-refractivity contribution in [3.8, 4) is 0 Å². The first kappa shape index (κ1) is 14.8. The minimum Gasteiger partial charge on any atom is -0.714 e. The Bertz CT molecular complexity index is 794. The number of para-hydroxylation sites is 1. The molecule has 0 saturated heterocycles. The summed E-state index contributed by atoms with van der Waals surface area (Å²) in [5.41, 5.74) is 0.0565. The molecule has 0 unspecified atom stereocenters. The molecule has 5 heteroatoms. The summed E-state index contributed by atoms with van der Waals surface area (Å²) in [5.74, 6) is 0.187. The Balaban J connectivity index is 2.33. The lowest BCUT2D eigenvalue weighted by atomic mass is 9.84. The van der Waals surface area contributed by atoms with Crippen LogP contribution in [0.5, 0.6) is 0 Å². The number of hydrogen-bond donors (Lipinski definition) is 0. The second-order valence-electron chi connectivity index (χ2n) is 6.89. The fourth-order valence-corrected chi connectivity index (χ4v) is 2.89. The Morgan fingerprint density at radius 3 is 2.32 bits per heavy atom. The smallest absolute Gasteiger partial charge is 0.317 e. The van der Waals surface area contributed by atoms with Crippen LogP contribution < -0.4 is 4.57 Å². The number of hydroxylamine groups is 3. The van der Waals surface area contributed by atoms with Crippen LogP contribution >= 0.6 is 0 Å². The maximum atomic E-state index is 12.8. The Labute approximate surface area is 130 Å². The minimum atomic E-state index is -0.802. The standard InChI is InChI=1S/C17H21N3O2/c1-16(2)17(3,4)20(22)15(19(16)21)13-10-11-18(5)14-9-7-6-8-12(13)14/h6-11H,1-5H3/q+1. The Morgan fingerprint density at radius 1 is 1.09 bits per heavy atom. The van der Waals surface area contributed by atoms with Gasteiger partial charge in [-0.1, -0.05) is 17.2 Å². The van der Waals surface area contributed by atoms with Crippen LogP contribution in [0.1, 0.15) is 33.3 Å². The van der Waals surface area contributed by atoms with Crippen molar-refractivity contribution in [3.63, 3.8) is 0 Å². The molecule has 0 saturated carbocycles. The number of fused-ring (bicyclic) bond motifs is 1. The van der Waals surface area contributed by atoms with Gasteiger partial charge in [0.1, 0.15) is 12.6 Å². The summed E-state index contributed by atoms with van der Waals surface area (Å²) in [5, 5.41) is 27.4. The van der Waals surface area contributed by atoms with E-state index in [0.717, 1.165) is 20.7 Å². The van der Waals surface area contributed by atoms with E-state index in [-0.39, 0.29) is 5.84 Å². The second kappa shape index (κ2) is 4.43. The van der Waals surface area contributed by atoms with Gasteiger partial charge in [0.2, 0.25) is 5.52 Å². The number of aromatic nitrogens is 1. The number of aryl methyl sites for hydroxylation is 1. The van der Waals surface area contributed by atoms with Gasteiger partial charge in [-0.3, -0.25) is 4.74 Å². The fourth-order valence-electron chi connectivity index (χ4n) is 2.89. The number of benzene rings is 1. The highest BCUT2D eigenvalue weighted by Crippen LogP contribution is 2.38. The van der Waals surface area contributed by atoms with Gasteiger partial charge in [-0.2, -0.15) is 0 Å². The van der Waals surface area contributed by atoms with Crippen molar-refractivity contribution in [2.45, 2.75) is 38.8 Å². The van der Waals surface area contributed by atoms with Crippen LogP contribution in [0.4, 0.5) is 0 Å². The van der Waals surface area contributed by atoms with Gasteiger partial charge >= 0.3 is 5.84 Å². The zero-order chi connectivity index (χ0) is 16.3. The molecular formula is C17H21N3O2+. The first-order valence-electron chi connectivity index (χ1n) is 7.39. The van der Waals surface area contributed by atoms with Crippen LogP contribution in [0, 0.1) is 5.21 Å². The molecule has 0 amide bonds. The normalized spacial score (nSPS) is 20.0. The average Bonchev–Trinajstić information content (AvgIpc) is 2.59. The van der Waals surface area contributed by atoms with Gasteiger partial charge in [0.05, 0.1) is 10.9 Å². The van der Waals surface area contributed by atoms with Crippen molar-refractivity contribution in [1.29, 1.82) is 0 Å². The molecule has 1 aliphatic rings. The second-order valence-corrected chi connectivity index (χ2v) is 6.89. The van der Waals surface area contributed by atoms with Gasteiger partial charge in [0.25, 0.3) is 0 Å². The molecule has 0 spiro atoms. The third-order valence-electron chi connectivity index (χ3n) is 5.18. The zero-order valence-electron chi connectivity index (χ0n) is 13.6. The third-order valence-corrected chi connectivity index (χ3v) is 5.18. The molecule has 1 aromatic heterocycles. The summed E-state index contributed by atoms with van der Waals surface area (Å²) in [6.45, 7) is 7.23. The van der Waals surface area contributed by atoms with E-state index in [1.54, 1.807) is 0 Å². The van der Waals surface area contributed by atoms with Crippen molar-refractivity contribution in [2.24, 2.45) is 7.05 Å². The SMILES string of the molecule is C[n+]1ccc(C2=[N+]([O-])C(C)(C)C(C)(C)N2[O])c2ccccc21. The maximum absolute atomic E-state index is 12.8. The predicted octanol–water partition coefficient (Wildman–Crippen LogP) is 2.14. The van der Waals surface area contributed by atoms with E-state index < -0.39 is 11.1 Å². The van der Waals surface area contributed by atoms with Gasteiger partial charge in [-0.15, -0.1) is 0 Å². The highest BCUT2D eigenvalue weighted by Gasteiger charge is 2.60. The van der Waals surface area contributed by atoms with Gasteiger partial charge in [-0.05, 0) is 33.8 Å². The summed E-state index contributed by atoms with van der Waals surface area (Å²) >= 11 is 0. The van der Waals surface area contributed by atoms with Crippen molar-refractivity contribution >= 4 is 16.7 Å². The molecule has 22 heavy (non-hydrogen) atoms. The molecule has 0 N–H and O–H groups in total. The molecule has 2 aromatic rings. The number of amidine groups is 1. The van der Waals surface area contributed by atoms with E-state index in [0.29, 0.717) is 5.56 Å². The third kappa shape index (κ3) is 1.69. The first-order chi connectivity index (χ1) is 10.2. The lowest BCUT2D eigenvalue weighted by molar-refractivity contribution is -0.644. The zero-order valence-corrected chi connectivity index (χ0v) is 13.6. The molecule has 0 atom stereocenters. The van der Waals surface area contributed by atoms with Crippen molar-refractivity contribution < 1.29 is 14.5 Å². The van der Waals surface area contributed by atoms with Crippen molar-refractivity contribution in [2.75, 3.05) is 0 Å². The Kier molecular flexibility index (Phi) is 2.98. The van der Waals surface area contributed by atoms with Gasteiger partial charge in [0, 0.05) is 17.3 Å². The molecule has 1 aromatic carbocycles. The van der Waals surface area contributed by atoms with Crippen LogP contribution in [0.3, 0.4) is 0 Å². The van der Waals surface area contributed by atoms with E-state index in [9.17, 15) is 10.4 Å².